The van der Waals surface area contributed by atoms with Gasteiger partial charge in [-0.3, -0.25) is 14.5 Å². The highest BCUT2D eigenvalue weighted by Gasteiger charge is 2.55. The number of nitrogens with one attached hydrogen (secondary N) is 1. The van der Waals surface area contributed by atoms with E-state index in [1.54, 1.807) is 12.1 Å². The van der Waals surface area contributed by atoms with E-state index in [4.69, 9.17) is 11.6 Å². The highest BCUT2D eigenvalue weighted by atomic mass is 35.5. The van der Waals surface area contributed by atoms with Gasteiger partial charge in [0.1, 0.15) is 5.54 Å². The largest absolute Gasteiger partial charge is 0.342 e. The van der Waals surface area contributed by atoms with Crippen molar-refractivity contribution < 1.29 is 14.4 Å². The molecule has 4 amide bonds. The van der Waals surface area contributed by atoms with Crippen LogP contribution in [0.2, 0.25) is 5.02 Å². The lowest BCUT2D eigenvalue weighted by molar-refractivity contribution is -0.136. The number of halogens is 1. The summed E-state index contributed by atoms with van der Waals surface area (Å²) < 4.78 is 0. The van der Waals surface area contributed by atoms with Crippen molar-refractivity contribution >= 4 is 29.4 Å². The van der Waals surface area contributed by atoms with Gasteiger partial charge in [-0.15, -0.1) is 0 Å². The fraction of sp³-hybridized carbons (Fsp3) is 0.654. The Hall–Kier alpha value is -2.12. The first-order chi connectivity index (χ1) is 16.3. The maximum absolute atomic E-state index is 13.6. The molecule has 4 rings (SSSR count). The van der Waals surface area contributed by atoms with E-state index >= 15 is 0 Å². The lowest BCUT2D eigenvalue weighted by atomic mass is 9.74. The quantitative estimate of drug-likeness (QED) is 0.566. The number of urea groups is 1. The fourth-order valence-corrected chi connectivity index (χ4v) is 6.15. The van der Waals surface area contributed by atoms with Gasteiger partial charge in [0.15, 0.2) is 0 Å². The summed E-state index contributed by atoms with van der Waals surface area (Å²) in [4.78, 5) is 45.1. The lowest BCUT2D eigenvalue weighted by Gasteiger charge is -2.41. The Balaban J connectivity index is 1.37. The minimum atomic E-state index is -0.835. The molecule has 0 saturated carbocycles. The normalized spacial score (nSPS) is 26.4. The Morgan fingerprint density at radius 2 is 1.82 bits per heavy atom. The molecule has 0 bridgehead atoms. The smallest absolute Gasteiger partial charge is 0.325 e. The Kier molecular flexibility index (Phi) is 7.83. The lowest BCUT2D eigenvalue weighted by Crippen LogP contribution is -2.56. The van der Waals surface area contributed by atoms with Gasteiger partial charge < -0.3 is 15.1 Å². The van der Waals surface area contributed by atoms with Crippen LogP contribution in [0.25, 0.3) is 0 Å². The first-order valence-electron chi connectivity index (χ1n) is 12.7. The van der Waals surface area contributed by atoms with Crippen LogP contribution in [0.1, 0.15) is 57.4 Å². The third-order valence-corrected chi connectivity index (χ3v) is 8.27. The number of rotatable bonds is 8. The summed E-state index contributed by atoms with van der Waals surface area (Å²) in [7, 11) is 2.12. The zero-order chi connectivity index (χ0) is 24.3. The van der Waals surface area contributed by atoms with Crippen LogP contribution in [-0.4, -0.2) is 77.4 Å². The van der Waals surface area contributed by atoms with Gasteiger partial charge in [0.05, 0.1) is 6.42 Å². The number of hydrogen-bond donors (Lipinski definition) is 1. The molecule has 2 unspecified atom stereocenters. The Morgan fingerprint density at radius 3 is 2.44 bits per heavy atom. The van der Waals surface area contributed by atoms with Gasteiger partial charge in [0.2, 0.25) is 5.91 Å². The minimum Gasteiger partial charge on any atom is -0.342 e. The second kappa shape index (κ2) is 10.6. The van der Waals surface area contributed by atoms with Crippen LogP contribution >= 0.6 is 11.6 Å². The Labute approximate surface area is 207 Å². The van der Waals surface area contributed by atoms with Gasteiger partial charge >= 0.3 is 6.03 Å². The zero-order valence-electron chi connectivity index (χ0n) is 20.4. The van der Waals surface area contributed by atoms with Gasteiger partial charge in [-0.25, -0.2) is 4.79 Å². The van der Waals surface area contributed by atoms with E-state index in [1.807, 2.05) is 17.0 Å². The molecule has 7 nitrogen and oxygen atoms in total. The number of nitrogens with zero attached hydrogens (tertiary/aromatic N) is 3. The van der Waals surface area contributed by atoms with Crippen molar-refractivity contribution in [2.45, 2.75) is 69.9 Å². The summed E-state index contributed by atoms with van der Waals surface area (Å²) in [6.07, 6.45) is 6.38. The highest BCUT2D eigenvalue weighted by Crippen LogP contribution is 2.37. The van der Waals surface area contributed by atoms with Crippen LogP contribution in [-0.2, 0) is 16.0 Å². The van der Waals surface area contributed by atoms with E-state index < -0.39 is 5.54 Å². The third-order valence-electron chi connectivity index (χ3n) is 8.02. The molecule has 34 heavy (non-hydrogen) atoms. The summed E-state index contributed by atoms with van der Waals surface area (Å²) in [6, 6.07) is 7.56. The summed E-state index contributed by atoms with van der Waals surface area (Å²) in [6.45, 7) is 4.84. The average Bonchev–Trinajstić information content (AvgIpc) is 3.34. The molecule has 186 valence electrons. The molecule has 8 heteroatoms. The summed E-state index contributed by atoms with van der Waals surface area (Å²) >= 11 is 5.95. The van der Waals surface area contributed by atoms with Gasteiger partial charge in [0.25, 0.3) is 5.91 Å². The van der Waals surface area contributed by atoms with Crippen LogP contribution in [0.4, 0.5) is 4.79 Å². The van der Waals surface area contributed by atoms with Crippen LogP contribution in [0.15, 0.2) is 24.3 Å². The predicted octanol–water partition coefficient (Wildman–Crippen LogP) is 3.70. The molecule has 3 fully saturated rings. The van der Waals surface area contributed by atoms with Gasteiger partial charge in [0, 0.05) is 30.7 Å². The maximum Gasteiger partial charge on any atom is 0.325 e. The average molecular weight is 489 g/mol. The summed E-state index contributed by atoms with van der Waals surface area (Å²) in [5.74, 6) is 0.0722. The molecule has 0 spiro atoms. The van der Waals surface area contributed by atoms with Gasteiger partial charge in [-0.1, -0.05) is 37.1 Å². The number of imide groups is 1. The van der Waals surface area contributed by atoms with Crippen molar-refractivity contribution in [2.75, 3.05) is 33.2 Å². The number of piperidine rings is 1. The molecule has 1 aromatic carbocycles. The number of benzene rings is 1. The Morgan fingerprint density at radius 1 is 1.12 bits per heavy atom. The van der Waals surface area contributed by atoms with Gasteiger partial charge in [-0.2, -0.15) is 0 Å². The van der Waals surface area contributed by atoms with E-state index in [9.17, 15) is 14.4 Å². The number of amides is 4. The first kappa shape index (κ1) is 25.0. The second-order valence-corrected chi connectivity index (χ2v) is 10.6. The highest BCUT2D eigenvalue weighted by molar-refractivity contribution is 6.30. The third kappa shape index (κ3) is 5.10. The molecule has 1 N–H and O–H groups in total. The molecule has 3 aliphatic heterocycles. The standard InChI is InChI=1S/C26H37ClN4O3/c1-3-13-26(24(33)31(25(34)28-26)17-12-22-5-4-14-29(22)2)20-10-15-30(16-11-20)23(32)18-19-6-8-21(27)9-7-19/h6-9,20,22H,3-5,10-18H2,1-2H3,(H,28,34). The van der Waals surface area contributed by atoms with Crippen molar-refractivity contribution in [1.29, 1.82) is 0 Å². The van der Waals surface area contributed by atoms with Crippen molar-refractivity contribution in [2.24, 2.45) is 5.92 Å². The van der Waals surface area contributed by atoms with E-state index in [2.05, 4.69) is 24.2 Å². The van der Waals surface area contributed by atoms with E-state index in [1.165, 1.54) is 11.3 Å². The van der Waals surface area contributed by atoms with E-state index in [-0.39, 0.29) is 23.8 Å². The fourth-order valence-electron chi connectivity index (χ4n) is 6.02. The van der Waals surface area contributed by atoms with Crippen LogP contribution < -0.4 is 5.32 Å². The van der Waals surface area contributed by atoms with Crippen molar-refractivity contribution in [1.82, 2.24) is 20.0 Å². The van der Waals surface area contributed by atoms with Gasteiger partial charge in [-0.05, 0) is 75.7 Å². The first-order valence-corrected chi connectivity index (χ1v) is 13.1. The Bertz CT molecular complexity index is 900. The molecule has 2 atom stereocenters. The number of likely N-dealkylation sites (tertiary alicyclic amines) is 2. The zero-order valence-corrected chi connectivity index (χ0v) is 21.1. The summed E-state index contributed by atoms with van der Waals surface area (Å²) in [5.41, 5.74) is 0.111. The van der Waals surface area contributed by atoms with Crippen LogP contribution in [0, 0.1) is 5.92 Å². The SMILES string of the molecule is CCCC1(C2CCN(C(=O)Cc3ccc(Cl)cc3)CC2)NC(=O)N(CCC2CCCN2C)C1=O. The molecule has 0 aliphatic carbocycles. The predicted molar refractivity (Wildman–Crippen MR) is 133 cm³/mol. The molecule has 3 heterocycles. The number of carbonyl (C=O) groups is 3. The topological polar surface area (TPSA) is 73.0 Å². The molecule has 0 radical (unpaired) electrons. The molecule has 0 aromatic heterocycles. The van der Waals surface area contributed by atoms with E-state index in [0.29, 0.717) is 43.5 Å². The maximum atomic E-state index is 13.6. The van der Waals surface area contributed by atoms with Crippen LogP contribution in [0.3, 0.4) is 0 Å². The van der Waals surface area contributed by atoms with Crippen LogP contribution in [0.5, 0.6) is 0 Å². The van der Waals surface area contributed by atoms with Crippen molar-refractivity contribution in [3.8, 4) is 0 Å². The minimum absolute atomic E-state index is 0.0441. The van der Waals surface area contributed by atoms with Crippen molar-refractivity contribution in [3.05, 3.63) is 34.9 Å². The molecule has 3 saturated heterocycles. The molecular formula is C26H37ClN4O3. The summed E-state index contributed by atoms with van der Waals surface area (Å²) in [5, 5.41) is 3.78. The monoisotopic (exact) mass is 488 g/mol. The number of carbonyl (C=O) groups excluding carboxylic acids is 3. The van der Waals surface area contributed by atoms with E-state index in [0.717, 1.165) is 44.2 Å². The number of hydrogen-bond acceptors (Lipinski definition) is 4. The molecule has 3 aliphatic rings. The van der Waals surface area contributed by atoms with Crippen molar-refractivity contribution in [3.63, 3.8) is 0 Å². The molecular weight excluding hydrogens is 452 g/mol. The second-order valence-electron chi connectivity index (χ2n) is 10.1. The molecule has 1 aromatic rings.